The monoisotopic (exact) mass is 300 g/mol. The van der Waals surface area contributed by atoms with Crippen LogP contribution in [-0.4, -0.2) is 5.78 Å². The van der Waals surface area contributed by atoms with Gasteiger partial charge in [-0.3, -0.25) is 4.79 Å². The highest BCUT2D eigenvalue weighted by Gasteiger charge is 2.18. The summed E-state index contributed by atoms with van der Waals surface area (Å²) in [6.45, 7) is 2.03. The summed E-state index contributed by atoms with van der Waals surface area (Å²) < 4.78 is 1.06. The van der Waals surface area contributed by atoms with E-state index in [-0.39, 0.29) is 0 Å². The first kappa shape index (κ1) is 12.3. The van der Waals surface area contributed by atoms with Gasteiger partial charge >= 0.3 is 0 Å². The molecule has 1 aliphatic rings. The first-order valence-electron chi connectivity index (χ1n) is 5.96. The summed E-state index contributed by atoms with van der Waals surface area (Å²) in [5.74, 6) is 1.14. The van der Waals surface area contributed by atoms with Crippen LogP contribution in [0.2, 0.25) is 0 Å². The zero-order valence-electron chi connectivity index (χ0n) is 9.59. The lowest BCUT2D eigenvalue weighted by Gasteiger charge is -2.07. The standard InChI is InChI=1S/C13H17BrOS/c1-9-11(8-13(14)16-9)12(15)7-6-10-4-2-3-5-10/h8,10H,2-7H2,1H3. The van der Waals surface area contributed by atoms with Crippen molar-refractivity contribution >= 4 is 33.0 Å². The average Bonchev–Trinajstić information content (AvgIpc) is 2.84. The van der Waals surface area contributed by atoms with E-state index in [0.29, 0.717) is 5.78 Å². The summed E-state index contributed by atoms with van der Waals surface area (Å²) in [6, 6.07) is 1.97. The number of rotatable bonds is 4. The summed E-state index contributed by atoms with van der Waals surface area (Å²) in [4.78, 5) is 13.2. The SMILES string of the molecule is Cc1sc(Br)cc1C(=O)CCC1CCCC1. The van der Waals surface area contributed by atoms with Crippen molar-refractivity contribution in [2.45, 2.75) is 45.4 Å². The normalized spacial score (nSPS) is 16.9. The Morgan fingerprint density at radius 3 is 2.75 bits per heavy atom. The minimum absolute atomic E-state index is 0.325. The van der Waals surface area contributed by atoms with Gasteiger partial charge in [-0.2, -0.15) is 0 Å². The van der Waals surface area contributed by atoms with Crippen LogP contribution >= 0.6 is 27.3 Å². The van der Waals surface area contributed by atoms with E-state index in [9.17, 15) is 4.79 Å². The van der Waals surface area contributed by atoms with E-state index in [2.05, 4.69) is 15.9 Å². The molecule has 1 nitrogen and oxygen atoms in total. The minimum Gasteiger partial charge on any atom is -0.294 e. The van der Waals surface area contributed by atoms with Crippen LogP contribution in [0.1, 0.15) is 53.8 Å². The number of carbonyl (C=O) groups is 1. The van der Waals surface area contributed by atoms with Crippen molar-refractivity contribution in [1.82, 2.24) is 0 Å². The maximum atomic E-state index is 12.0. The Balaban J connectivity index is 1.90. The van der Waals surface area contributed by atoms with Crippen LogP contribution in [0, 0.1) is 12.8 Å². The van der Waals surface area contributed by atoms with E-state index < -0.39 is 0 Å². The first-order valence-corrected chi connectivity index (χ1v) is 7.57. The third-order valence-electron chi connectivity index (χ3n) is 3.44. The summed E-state index contributed by atoms with van der Waals surface area (Å²) in [6.07, 6.45) is 7.21. The van der Waals surface area contributed by atoms with Gasteiger partial charge in [-0.05, 0) is 41.3 Å². The first-order chi connectivity index (χ1) is 7.66. The van der Waals surface area contributed by atoms with Crippen molar-refractivity contribution in [3.63, 3.8) is 0 Å². The number of Topliss-reactive ketones (excluding diaryl/α,β-unsaturated/α-hetero) is 1. The van der Waals surface area contributed by atoms with Crippen LogP contribution in [0.4, 0.5) is 0 Å². The van der Waals surface area contributed by atoms with Crippen molar-refractivity contribution in [3.8, 4) is 0 Å². The summed E-state index contributed by atoms with van der Waals surface area (Å²) in [5.41, 5.74) is 0.926. The van der Waals surface area contributed by atoms with E-state index in [1.54, 1.807) is 11.3 Å². The second-order valence-electron chi connectivity index (χ2n) is 4.63. The highest BCUT2D eigenvalue weighted by atomic mass is 79.9. The van der Waals surface area contributed by atoms with Gasteiger partial charge in [0.2, 0.25) is 0 Å². The van der Waals surface area contributed by atoms with Gasteiger partial charge in [0.1, 0.15) is 0 Å². The van der Waals surface area contributed by atoms with Crippen LogP contribution in [0.5, 0.6) is 0 Å². The number of halogens is 1. The molecule has 2 rings (SSSR count). The molecule has 0 aromatic carbocycles. The zero-order valence-corrected chi connectivity index (χ0v) is 12.0. The minimum atomic E-state index is 0.325. The largest absolute Gasteiger partial charge is 0.294 e. The fraction of sp³-hybridized carbons (Fsp3) is 0.615. The highest BCUT2D eigenvalue weighted by molar-refractivity contribution is 9.11. The Morgan fingerprint density at radius 1 is 1.50 bits per heavy atom. The second kappa shape index (κ2) is 5.46. The summed E-state index contributed by atoms with van der Waals surface area (Å²) >= 11 is 5.09. The van der Waals surface area contributed by atoms with Gasteiger partial charge in [0.15, 0.2) is 5.78 Å². The Bertz CT molecular complexity index is 377. The fourth-order valence-electron chi connectivity index (χ4n) is 2.49. The molecule has 1 aromatic heterocycles. The predicted molar refractivity (Wildman–Crippen MR) is 72.3 cm³/mol. The smallest absolute Gasteiger partial charge is 0.164 e. The molecular formula is C13H17BrOS. The lowest BCUT2D eigenvalue weighted by atomic mass is 9.98. The lowest BCUT2D eigenvalue weighted by Crippen LogP contribution is -2.02. The molecule has 1 fully saturated rings. The molecule has 0 saturated heterocycles. The predicted octanol–water partition coefficient (Wildman–Crippen LogP) is 4.97. The molecule has 1 aliphatic carbocycles. The number of thiophene rings is 1. The molecule has 1 heterocycles. The summed E-state index contributed by atoms with van der Waals surface area (Å²) in [5, 5.41) is 0. The number of ketones is 1. The van der Waals surface area contributed by atoms with E-state index in [0.717, 1.165) is 33.0 Å². The average molecular weight is 301 g/mol. The number of hydrogen-bond acceptors (Lipinski definition) is 2. The molecule has 0 amide bonds. The molecule has 0 unspecified atom stereocenters. The number of carbonyl (C=O) groups excluding carboxylic acids is 1. The maximum Gasteiger partial charge on any atom is 0.164 e. The molecule has 16 heavy (non-hydrogen) atoms. The topological polar surface area (TPSA) is 17.1 Å². The van der Waals surface area contributed by atoms with Gasteiger partial charge < -0.3 is 0 Å². The van der Waals surface area contributed by atoms with E-state index in [1.807, 2.05) is 13.0 Å². The third kappa shape index (κ3) is 2.95. The molecular weight excluding hydrogens is 284 g/mol. The third-order valence-corrected chi connectivity index (χ3v) is 5.00. The molecule has 0 aliphatic heterocycles. The van der Waals surface area contributed by atoms with Crippen LogP contribution in [-0.2, 0) is 0 Å². The number of aryl methyl sites for hydroxylation is 1. The van der Waals surface area contributed by atoms with Crippen LogP contribution < -0.4 is 0 Å². The molecule has 0 spiro atoms. The van der Waals surface area contributed by atoms with Crippen LogP contribution in [0.15, 0.2) is 9.85 Å². The molecule has 1 aromatic rings. The van der Waals surface area contributed by atoms with Crippen molar-refractivity contribution in [1.29, 1.82) is 0 Å². The van der Waals surface area contributed by atoms with E-state index in [1.165, 1.54) is 25.7 Å². The van der Waals surface area contributed by atoms with Crippen molar-refractivity contribution in [3.05, 3.63) is 20.3 Å². The molecule has 0 N–H and O–H groups in total. The molecule has 0 radical (unpaired) electrons. The lowest BCUT2D eigenvalue weighted by molar-refractivity contribution is 0.0974. The maximum absolute atomic E-state index is 12.0. The second-order valence-corrected chi connectivity index (χ2v) is 7.27. The Kier molecular flexibility index (Phi) is 4.20. The van der Waals surface area contributed by atoms with Crippen molar-refractivity contribution in [2.24, 2.45) is 5.92 Å². The van der Waals surface area contributed by atoms with Crippen LogP contribution in [0.25, 0.3) is 0 Å². The van der Waals surface area contributed by atoms with Gasteiger partial charge in [-0.15, -0.1) is 11.3 Å². The number of hydrogen-bond donors (Lipinski definition) is 0. The molecule has 1 saturated carbocycles. The van der Waals surface area contributed by atoms with Gasteiger partial charge in [0, 0.05) is 16.9 Å². The fourth-order valence-corrected chi connectivity index (χ4v) is 4.20. The van der Waals surface area contributed by atoms with E-state index >= 15 is 0 Å². The Hall–Kier alpha value is -0.150. The zero-order chi connectivity index (χ0) is 11.5. The quantitative estimate of drug-likeness (QED) is 0.717. The highest BCUT2D eigenvalue weighted by Crippen LogP contribution is 2.31. The molecule has 88 valence electrons. The van der Waals surface area contributed by atoms with E-state index in [4.69, 9.17) is 0 Å². The van der Waals surface area contributed by atoms with Gasteiger partial charge in [-0.1, -0.05) is 25.7 Å². The van der Waals surface area contributed by atoms with Gasteiger partial charge in [0.25, 0.3) is 0 Å². The van der Waals surface area contributed by atoms with Crippen molar-refractivity contribution < 1.29 is 4.79 Å². The Labute approximate surface area is 109 Å². The van der Waals surface area contributed by atoms with Gasteiger partial charge in [-0.25, -0.2) is 0 Å². The molecule has 0 atom stereocenters. The molecule has 3 heteroatoms. The Morgan fingerprint density at radius 2 is 2.19 bits per heavy atom. The molecule has 0 bridgehead atoms. The van der Waals surface area contributed by atoms with Crippen LogP contribution in [0.3, 0.4) is 0 Å². The van der Waals surface area contributed by atoms with Crippen molar-refractivity contribution in [2.75, 3.05) is 0 Å². The van der Waals surface area contributed by atoms with Gasteiger partial charge in [0.05, 0.1) is 3.79 Å². The summed E-state index contributed by atoms with van der Waals surface area (Å²) in [7, 11) is 0.